The zero-order chi connectivity index (χ0) is 14.7. The molecule has 0 spiro atoms. The number of rotatable bonds is 4. The van der Waals surface area contributed by atoms with Crippen molar-refractivity contribution in [3.8, 4) is 0 Å². The third kappa shape index (κ3) is 3.58. The number of aryl methyl sites for hydroxylation is 1. The van der Waals surface area contributed by atoms with E-state index in [0.29, 0.717) is 0 Å². The molecule has 6 heteroatoms. The first-order chi connectivity index (χ1) is 10.3. The number of morpholine rings is 1. The average molecular weight is 292 g/mol. The average Bonchev–Trinajstić information content (AvgIpc) is 2.89. The fourth-order valence-corrected chi connectivity index (χ4v) is 3.15. The van der Waals surface area contributed by atoms with Crippen molar-refractivity contribution < 1.29 is 9.84 Å². The number of hydrogen-bond acceptors (Lipinski definition) is 6. The van der Waals surface area contributed by atoms with E-state index in [1.165, 1.54) is 0 Å². The van der Waals surface area contributed by atoms with Gasteiger partial charge in [0, 0.05) is 63.1 Å². The quantitative estimate of drug-likeness (QED) is 0.837. The number of nitrogens with zero attached hydrogens (tertiary/aromatic N) is 4. The zero-order valence-corrected chi connectivity index (χ0v) is 12.6. The lowest BCUT2D eigenvalue weighted by molar-refractivity contribution is -0.00618. The number of aliphatic hydroxyl groups excluding tert-OH is 1. The van der Waals surface area contributed by atoms with Crippen LogP contribution in [0.25, 0.3) is 0 Å². The van der Waals surface area contributed by atoms with Crippen molar-refractivity contribution in [2.75, 3.05) is 39.4 Å². The molecule has 0 bridgehead atoms. The highest BCUT2D eigenvalue weighted by Gasteiger charge is 2.35. The van der Waals surface area contributed by atoms with Crippen LogP contribution in [-0.2, 0) is 17.7 Å². The van der Waals surface area contributed by atoms with Crippen LogP contribution in [0.3, 0.4) is 0 Å². The molecule has 3 rings (SSSR count). The summed E-state index contributed by atoms with van der Waals surface area (Å²) in [7, 11) is 0. The third-order valence-electron chi connectivity index (χ3n) is 4.33. The van der Waals surface area contributed by atoms with Gasteiger partial charge in [-0.15, -0.1) is 0 Å². The molecular weight excluding hydrogens is 268 g/mol. The number of ether oxygens (including phenoxy) is 1. The van der Waals surface area contributed by atoms with Gasteiger partial charge in [0.15, 0.2) is 0 Å². The molecular formula is C15H24N4O2. The summed E-state index contributed by atoms with van der Waals surface area (Å²) in [6, 6.07) is 0.227. The Labute approximate surface area is 125 Å². The van der Waals surface area contributed by atoms with Crippen LogP contribution >= 0.6 is 0 Å². The highest BCUT2D eigenvalue weighted by molar-refractivity contribution is 5.06. The molecule has 0 aromatic carbocycles. The number of hydrogen-bond donors (Lipinski definition) is 1. The molecule has 3 heterocycles. The molecule has 0 radical (unpaired) electrons. The van der Waals surface area contributed by atoms with E-state index in [4.69, 9.17) is 4.74 Å². The third-order valence-corrected chi connectivity index (χ3v) is 4.33. The Hall–Kier alpha value is -1.08. The number of β-amino-alcohol motifs (C(OH)–C–C–N with tert-alkyl or cyclic N) is 1. The van der Waals surface area contributed by atoms with E-state index >= 15 is 0 Å². The second-order valence-electron chi connectivity index (χ2n) is 5.84. The summed E-state index contributed by atoms with van der Waals surface area (Å²) >= 11 is 0. The molecule has 2 fully saturated rings. The lowest BCUT2D eigenvalue weighted by Gasteiger charge is -2.33. The van der Waals surface area contributed by atoms with E-state index in [0.717, 1.165) is 63.7 Å². The van der Waals surface area contributed by atoms with Crippen molar-refractivity contribution in [3.63, 3.8) is 0 Å². The molecule has 0 amide bonds. The predicted octanol–water partition coefficient (Wildman–Crippen LogP) is -0.0837. The van der Waals surface area contributed by atoms with Crippen LogP contribution in [0, 0.1) is 0 Å². The molecule has 21 heavy (non-hydrogen) atoms. The first-order valence-corrected chi connectivity index (χ1v) is 7.78. The molecule has 2 saturated heterocycles. The normalized spacial score (nSPS) is 28.1. The Morgan fingerprint density at radius 2 is 1.95 bits per heavy atom. The van der Waals surface area contributed by atoms with Gasteiger partial charge in [-0.1, -0.05) is 6.92 Å². The van der Waals surface area contributed by atoms with Crippen LogP contribution in [0.5, 0.6) is 0 Å². The summed E-state index contributed by atoms with van der Waals surface area (Å²) in [6.45, 7) is 7.87. The molecule has 1 N–H and O–H groups in total. The Morgan fingerprint density at radius 1 is 1.24 bits per heavy atom. The van der Waals surface area contributed by atoms with Gasteiger partial charge in [0.1, 0.15) is 5.82 Å². The van der Waals surface area contributed by atoms with Crippen molar-refractivity contribution >= 4 is 0 Å². The molecule has 0 unspecified atom stereocenters. The molecule has 2 aliphatic heterocycles. The topological polar surface area (TPSA) is 61.7 Å². The maximum atomic E-state index is 10.3. The number of aromatic nitrogens is 2. The van der Waals surface area contributed by atoms with Crippen LogP contribution < -0.4 is 0 Å². The fraction of sp³-hybridized carbons (Fsp3) is 0.733. The molecule has 2 atom stereocenters. The monoisotopic (exact) mass is 292 g/mol. The highest BCUT2D eigenvalue weighted by Crippen LogP contribution is 2.19. The smallest absolute Gasteiger partial charge is 0.127 e. The van der Waals surface area contributed by atoms with Gasteiger partial charge in [0.2, 0.25) is 0 Å². The van der Waals surface area contributed by atoms with Crippen LogP contribution in [0.1, 0.15) is 18.3 Å². The van der Waals surface area contributed by atoms with Crippen molar-refractivity contribution in [2.45, 2.75) is 32.0 Å². The van der Waals surface area contributed by atoms with Crippen LogP contribution in [0.4, 0.5) is 0 Å². The fourth-order valence-electron chi connectivity index (χ4n) is 3.15. The Bertz CT molecular complexity index is 447. The zero-order valence-electron chi connectivity index (χ0n) is 12.6. The highest BCUT2D eigenvalue weighted by atomic mass is 16.5. The van der Waals surface area contributed by atoms with Gasteiger partial charge in [0.25, 0.3) is 0 Å². The predicted molar refractivity (Wildman–Crippen MR) is 78.9 cm³/mol. The Balaban J connectivity index is 1.57. The van der Waals surface area contributed by atoms with Crippen molar-refractivity contribution in [1.29, 1.82) is 0 Å². The second kappa shape index (κ2) is 6.79. The van der Waals surface area contributed by atoms with Gasteiger partial charge < -0.3 is 9.84 Å². The lowest BCUT2D eigenvalue weighted by Crippen LogP contribution is -2.48. The summed E-state index contributed by atoms with van der Waals surface area (Å²) in [6.07, 6.45) is 4.39. The second-order valence-corrected chi connectivity index (χ2v) is 5.84. The summed E-state index contributed by atoms with van der Waals surface area (Å²) in [5, 5.41) is 10.3. The van der Waals surface area contributed by atoms with Gasteiger partial charge >= 0.3 is 0 Å². The van der Waals surface area contributed by atoms with Gasteiger partial charge in [-0.3, -0.25) is 9.80 Å². The van der Waals surface area contributed by atoms with Gasteiger partial charge in [-0.05, 0) is 0 Å². The van der Waals surface area contributed by atoms with E-state index in [1.54, 1.807) is 0 Å². The maximum Gasteiger partial charge on any atom is 0.127 e. The van der Waals surface area contributed by atoms with E-state index < -0.39 is 0 Å². The molecule has 116 valence electrons. The molecule has 1 aromatic rings. The van der Waals surface area contributed by atoms with Crippen LogP contribution in [-0.4, -0.2) is 76.4 Å². The molecule has 6 nitrogen and oxygen atoms in total. The molecule has 1 aromatic heterocycles. The Morgan fingerprint density at radius 3 is 2.62 bits per heavy atom. The van der Waals surface area contributed by atoms with Crippen molar-refractivity contribution in [3.05, 3.63) is 23.8 Å². The minimum Gasteiger partial charge on any atom is -0.390 e. The molecule has 2 aliphatic rings. The van der Waals surface area contributed by atoms with Gasteiger partial charge in [-0.25, -0.2) is 9.97 Å². The summed E-state index contributed by atoms with van der Waals surface area (Å²) in [4.78, 5) is 13.3. The first kappa shape index (κ1) is 14.8. The van der Waals surface area contributed by atoms with Gasteiger partial charge in [0.05, 0.1) is 19.3 Å². The van der Waals surface area contributed by atoms with Crippen molar-refractivity contribution in [1.82, 2.24) is 19.8 Å². The molecule has 0 aliphatic carbocycles. The van der Waals surface area contributed by atoms with E-state index in [9.17, 15) is 5.11 Å². The van der Waals surface area contributed by atoms with Gasteiger partial charge in [-0.2, -0.15) is 0 Å². The maximum absolute atomic E-state index is 10.3. The summed E-state index contributed by atoms with van der Waals surface area (Å²) in [5.41, 5.74) is 1.11. The van der Waals surface area contributed by atoms with E-state index in [1.807, 2.05) is 12.4 Å². The summed E-state index contributed by atoms with van der Waals surface area (Å²) < 4.78 is 5.39. The molecule has 0 saturated carbocycles. The van der Waals surface area contributed by atoms with Crippen LogP contribution in [0.2, 0.25) is 0 Å². The number of aliphatic hydroxyl groups is 1. The van der Waals surface area contributed by atoms with E-state index in [-0.39, 0.29) is 12.1 Å². The lowest BCUT2D eigenvalue weighted by atomic mass is 10.1. The minimum atomic E-state index is -0.279. The number of likely N-dealkylation sites (tertiary alicyclic amines) is 1. The van der Waals surface area contributed by atoms with E-state index in [2.05, 4.69) is 26.7 Å². The summed E-state index contributed by atoms with van der Waals surface area (Å²) in [5.74, 6) is 0.881. The van der Waals surface area contributed by atoms with Crippen molar-refractivity contribution in [2.24, 2.45) is 0 Å². The standard InChI is InChI=1S/C15H24N4O2/c1-2-15-16-7-12(8-17-15)9-18-10-13(14(20)11-18)19-3-5-21-6-4-19/h7-8,13-14,20H,2-6,9-11H2,1H3/t13-,14-/m0/s1. The largest absolute Gasteiger partial charge is 0.390 e. The first-order valence-electron chi connectivity index (χ1n) is 7.78. The Kier molecular flexibility index (Phi) is 4.80. The minimum absolute atomic E-state index is 0.227. The SMILES string of the molecule is CCc1ncc(CN2C[C@H](O)[C@@H](N3CCOCC3)C2)cn1. The van der Waals surface area contributed by atoms with Crippen LogP contribution in [0.15, 0.2) is 12.4 Å².